The van der Waals surface area contributed by atoms with Crippen LogP contribution in [0.15, 0.2) is 0 Å². The summed E-state index contributed by atoms with van der Waals surface area (Å²) in [4.78, 5) is 0. The Morgan fingerprint density at radius 1 is 0.297 bits per heavy atom. The zero-order chi connectivity index (χ0) is 27.3. The number of aliphatic hydroxyl groups excluding tert-OH is 2. The van der Waals surface area contributed by atoms with Crippen LogP contribution in [0.25, 0.3) is 0 Å². The standard InChI is InChI=1S/C22H46O12.C2H6S/c23-1-3-25-5-7-27-9-11-29-13-15-31-17-19-33-21-22-34-20-18-32-16-14-30-12-10-28-8-6-26-4-2-24;1-3-2/h23-24H,1-22H2;1-2H3. The molecular weight excluding hydrogens is 512 g/mol. The summed E-state index contributed by atoms with van der Waals surface area (Å²) in [5.41, 5.74) is 0. The van der Waals surface area contributed by atoms with Crippen molar-refractivity contribution in [3.63, 3.8) is 0 Å². The van der Waals surface area contributed by atoms with E-state index in [0.29, 0.717) is 132 Å². The van der Waals surface area contributed by atoms with Crippen molar-refractivity contribution in [2.24, 2.45) is 0 Å². The number of ether oxygens (including phenoxy) is 10. The van der Waals surface area contributed by atoms with Gasteiger partial charge in [0.15, 0.2) is 0 Å². The van der Waals surface area contributed by atoms with Crippen molar-refractivity contribution in [1.29, 1.82) is 0 Å². The molecule has 0 amide bonds. The summed E-state index contributed by atoms with van der Waals surface area (Å²) in [6.07, 6.45) is 4.08. The summed E-state index contributed by atoms with van der Waals surface area (Å²) < 4.78 is 53.2. The highest BCUT2D eigenvalue weighted by Crippen LogP contribution is 1.86. The normalized spacial score (nSPS) is 11.0. The molecule has 226 valence electrons. The van der Waals surface area contributed by atoms with Crippen molar-refractivity contribution in [2.75, 3.05) is 158 Å². The van der Waals surface area contributed by atoms with E-state index in [2.05, 4.69) is 0 Å². The third-order valence-electron chi connectivity index (χ3n) is 3.82. The van der Waals surface area contributed by atoms with Gasteiger partial charge in [-0.15, -0.1) is 0 Å². The van der Waals surface area contributed by atoms with Gasteiger partial charge in [-0.05, 0) is 12.5 Å². The molecule has 0 saturated carbocycles. The molecule has 0 spiro atoms. The highest BCUT2D eigenvalue weighted by Gasteiger charge is 1.95. The van der Waals surface area contributed by atoms with Crippen LogP contribution in [0.2, 0.25) is 0 Å². The second-order valence-corrected chi connectivity index (χ2v) is 7.80. The molecule has 0 aromatic rings. The van der Waals surface area contributed by atoms with Crippen LogP contribution in [-0.4, -0.2) is 168 Å². The fourth-order valence-electron chi connectivity index (χ4n) is 2.21. The first-order valence-corrected chi connectivity index (χ1v) is 14.4. The van der Waals surface area contributed by atoms with Gasteiger partial charge >= 0.3 is 0 Å². The third-order valence-corrected chi connectivity index (χ3v) is 3.82. The summed E-state index contributed by atoms with van der Waals surface area (Å²) in [7, 11) is 0. The van der Waals surface area contributed by atoms with E-state index in [-0.39, 0.29) is 13.2 Å². The molecule has 2 N–H and O–H groups in total. The first-order valence-electron chi connectivity index (χ1n) is 12.7. The lowest BCUT2D eigenvalue weighted by Gasteiger charge is -2.09. The maximum atomic E-state index is 8.54. The van der Waals surface area contributed by atoms with E-state index in [9.17, 15) is 0 Å². The summed E-state index contributed by atoms with van der Waals surface area (Å²) in [5.74, 6) is 0. The molecule has 13 heteroatoms. The van der Waals surface area contributed by atoms with Gasteiger partial charge in [-0.2, -0.15) is 11.8 Å². The minimum absolute atomic E-state index is 0.0265. The Kier molecular flexibility index (Phi) is 42.6. The molecule has 0 heterocycles. The van der Waals surface area contributed by atoms with Crippen molar-refractivity contribution < 1.29 is 57.6 Å². The second kappa shape index (κ2) is 40.4. The first kappa shape index (κ1) is 39.0. The van der Waals surface area contributed by atoms with Crippen LogP contribution in [0.5, 0.6) is 0 Å². The number of hydrogen-bond donors (Lipinski definition) is 2. The molecule has 0 aliphatic carbocycles. The lowest BCUT2D eigenvalue weighted by atomic mass is 10.6. The van der Waals surface area contributed by atoms with Crippen molar-refractivity contribution >= 4 is 11.8 Å². The second-order valence-electron chi connectivity index (χ2n) is 6.98. The Morgan fingerprint density at radius 3 is 0.514 bits per heavy atom. The van der Waals surface area contributed by atoms with Gasteiger partial charge in [-0.25, -0.2) is 0 Å². The Bertz CT molecular complexity index is 341. The highest BCUT2D eigenvalue weighted by atomic mass is 32.2. The van der Waals surface area contributed by atoms with Gasteiger partial charge in [0.1, 0.15) is 0 Å². The molecule has 0 fully saturated rings. The van der Waals surface area contributed by atoms with Crippen LogP contribution < -0.4 is 0 Å². The quantitative estimate of drug-likeness (QED) is 0.111. The molecule has 37 heavy (non-hydrogen) atoms. The average Bonchev–Trinajstić information content (AvgIpc) is 2.90. The average molecular weight is 565 g/mol. The molecule has 0 unspecified atom stereocenters. The van der Waals surface area contributed by atoms with Gasteiger partial charge in [-0.1, -0.05) is 0 Å². The predicted octanol–water partition coefficient (Wildman–Crippen LogP) is 0.116. The summed E-state index contributed by atoms with van der Waals surface area (Å²) in [6.45, 7) is 9.75. The van der Waals surface area contributed by atoms with Crippen molar-refractivity contribution in [1.82, 2.24) is 0 Å². The minimum atomic E-state index is 0.0265. The fourth-order valence-corrected chi connectivity index (χ4v) is 2.21. The van der Waals surface area contributed by atoms with E-state index >= 15 is 0 Å². The van der Waals surface area contributed by atoms with E-state index in [4.69, 9.17) is 57.6 Å². The monoisotopic (exact) mass is 564 g/mol. The fraction of sp³-hybridized carbons (Fsp3) is 1.00. The molecule has 0 aliphatic heterocycles. The molecule has 0 saturated heterocycles. The molecular formula is C24H52O12S. The zero-order valence-electron chi connectivity index (χ0n) is 22.9. The zero-order valence-corrected chi connectivity index (χ0v) is 23.8. The molecule has 0 bridgehead atoms. The van der Waals surface area contributed by atoms with Crippen LogP contribution in [0, 0.1) is 0 Å². The number of aliphatic hydroxyl groups is 2. The first-order chi connectivity index (χ1) is 18.3. The van der Waals surface area contributed by atoms with Crippen LogP contribution in [-0.2, 0) is 47.4 Å². The predicted molar refractivity (Wildman–Crippen MR) is 142 cm³/mol. The number of thioether (sulfide) groups is 1. The Hall–Kier alpha value is -0.130. The Labute approximate surface area is 227 Å². The smallest absolute Gasteiger partial charge is 0.0701 e. The van der Waals surface area contributed by atoms with E-state index in [1.54, 1.807) is 11.8 Å². The molecule has 0 atom stereocenters. The van der Waals surface area contributed by atoms with Gasteiger partial charge in [0.05, 0.1) is 145 Å². The molecule has 12 nitrogen and oxygen atoms in total. The molecule has 0 aromatic heterocycles. The summed E-state index contributed by atoms with van der Waals surface area (Å²) in [5, 5.41) is 17.1. The van der Waals surface area contributed by atoms with Gasteiger partial charge < -0.3 is 57.6 Å². The van der Waals surface area contributed by atoms with Gasteiger partial charge in [-0.3, -0.25) is 0 Å². The lowest BCUT2D eigenvalue weighted by Crippen LogP contribution is -2.15. The Balaban J connectivity index is 0. The van der Waals surface area contributed by atoms with Gasteiger partial charge in [0.2, 0.25) is 0 Å². The van der Waals surface area contributed by atoms with Crippen LogP contribution in [0.1, 0.15) is 0 Å². The van der Waals surface area contributed by atoms with E-state index in [1.165, 1.54) is 0 Å². The third kappa shape index (κ3) is 43.2. The SMILES string of the molecule is CSC.OCCOCCOCCOCCOCCOCCOCCOCCOCCOCCOCCO. The van der Waals surface area contributed by atoms with Crippen LogP contribution >= 0.6 is 11.8 Å². The van der Waals surface area contributed by atoms with Crippen molar-refractivity contribution in [2.45, 2.75) is 0 Å². The largest absolute Gasteiger partial charge is 0.394 e. The van der Waals surface area contributed by atoms with Crippen LogP contribution in [0.4, 0.5) is 0 Å². The highest BCUT2D eigenvalue weighted by molar-refractivity contribution is 7.97. The maximum absolute atomic E-state index is 8.54. The van der Waals surface area contributed by atoms with E-state index in [0.717, 1.165) is 0 Å². The number of hydrogen-bond acceptors (Lipinski definition) is 13. The molecule has 0 radical (unpaired) electrons. The lowest BCUT2D eigenvalue weighted by molar-refractivity contribution is -0.0271. The summed E-state index contributed by atoms with van der Waals surface area (Å²) in [6, 6.07) is 0. The van der Waals surface area contributed by atoms with Crippen molar-refractivity contribution in [3.05, 3.63) is 0 Å². The topological polar surface area (TPSA) is 133 Å². The van der Waals surface area contributed by atoms with Gasteiger partial charge in [0, 0.05) is 0 Å². The van der Waals surface area contributed by atoms with Gasteiger partial charge in [0.25, 0.3) is 0 Å². The minimum Gasteiger partial charge on any atom is -0.394 e. The van der Waals surface area contributed by atoms with E-state index in [1.807, 2.05) is 12.5 Å². The summed E-state index contributed by atoms with van der Waals surface area (Å²) >= 11 is 1.75. The Morgan fingerprint density at radius 2 is 0.405 bits per heavy atom. The van der Waals surface area contributed by atoms with Crippen LogP contribution in [0.3, 0.4) is 0 Å². The number of rotatable bonds is 31. The molecule has 0 aromatic carbocycles. The van der Waals surface area contributed by atoms with Crippen molar-refractivity contribution in [3.8, 4) is 0 Å². The molecule has 0 aliphatic rings. The molecule has 0 rings (SSSR count). The van der Waals surface area contributed by atoms with E-state index < -0.39 is 0 Å². The maximum Gasteiger partial charge on any atom is 0.0701 e.